The summed E-state index contributed by atoms with van der Waals surface area (Å²) in [5.41, 5.74) is 2.21. The highest BCUT2D eigenvalue weighted by molar-refractivity contribution is 5.83. The second-order valence-corrected chi connectivity index (χ2v) is 7.01. The Kier molecular flexibility index (Phi) is 5.76. The van der Waals surface area contributed by atoms with Crippen molar-refractivity contribution in [3.05, 3.63) is 60.2 Å². The monoisotopic (exact) mass is 338 g/mol. The van der Waals surface area contributed by atoms with Crippen molar-refractivity contribution in [3.63, 3.8) is 0 Å². The predicted molar refractivity (Wildman–Crippen MR) is 97.9 cm³/mol. The van der Waals surface area contributed by atoms with Gasteiger partial charge >= 0.3 is 0 Å². The van der Waals surface area contributed by atoms with Crippen LogP contribution in [0.2, 0.25) is 0 Å². The van der Waals surface area contributed by atoms with Crippen LogP contribution >= 0.6 is 0 Å². The van der Waals surface area contributed by atoms with Crippen LogP contribution in [0.5, 0.6) is 0 Å². The molecule has 1 aliphatic heterocycles. The molecule has 0 radical (unpaired) electrons. The molecule has 0 unspecified atom stereocenters. The van der Waals surface area contributed by atoms with E-state index in [9.17, 15) is 4.79 Å². The highest BCUT2D eigenvalue weighted by atomic mass is 16.2. The average molecular weight is 338 g/mol. The number of hydrogen-bond donors (Lipinski definition) is 0. The van der Waals surface area contributed by atoms with E-state index in [-0.39, 0.29) is 11.8 Å². The molecule has 0 spiro atoms. The van der Waals surface area contributed by atoms with Crippen molar-refractivity contribution in [2.75, 3.05) is 26.7 Å². The summed E-state index contributed by atoms with van der Waals surface area (Å²) in [5, 5.41) is 0. The van der Waals surface area contributed by atoms with E-state index in [1.165, 1.54) is 5.56 Å². The van der Waals surface area contributed by atoms with Crippen LogP contribution in [0.3, 0.4) is 0 Å². The van der Waals surface area contributed by atoms with Gasteiger partial charge in [-0.15, -0.1) is 0 Å². The van der Waals surface area contributed by atoms with Gasteiger partial charge in [0.2, 0.25) is 5.91 Å². The number of nitrogens with zero attached hydrogens (tertiary/aromatic N) is 4. The van der Waals surface area contributed by atoms with Crippen LogP contribution in [0.15, 0.2) is 49.1 Å². The van der Waals surface area contributed by atoms with Crippen molar-refractivity contribution in [1.29, 1.82) is 0 Å². The Balaban J connectivity index is 1.50. The van der Waals surface area contributed by atoms with Crippen LogP contribution in [0.4, 0.5) is 0 Å². The fraction of sp³-hybridized carbons (Fsp3) is 0.450. The quantitative estimate of drug-likeness (QED) is 0.812. The molecule has 2 aromatic rings. The second-order valence-electron chi connectivity index (χ2n) is 7.01. The van der Waals surface area contributed by atoms with Gasteiger partial charge in [-0.25, -0.2) is 0 Å². The number of likely N-dealkylation sites (tertiary alicyclic amines) is 1. The summed E-state index contributed by atoms with van der Waals surface area (Å²) in [4.78, 5) is 25.4. The fourth-order valence-corrected chi connectivity index (χ4v) is 3.54. The van der Waals surface area contributed by atoms with E-state index in [1.807, 2.05) is 36.2 Å². The van der Waals surface area contributed by atoms with Crippen LogP contribution in [-0.4, -0.2) is 52.4 Å². The standard InChI is InChI=1S/C20H26N4O/c1-16(19-6-4-9-22-12-19)20(25)24-10-7-18(15-24)14-23(2)13-17-5-3-8-21-11-17/h3-6,8-9,11-12,16,18H,7,10,13-15H2,1-2H3/t16-,18-/m0/s1. The average Bonchev–Trinajstić information content (AvgIpc) is 3.10. The zero-order valence-corrected chi connectivity index (χ0v) is 15.0. The summed E-state index contributed by atoms with van der Waals surface area (Å²) in [6.45, 7) is 5.57. The molecule has 0 aromatic carbocycles. The lowest BCUT2D eigenvalue weighted by Gasteiger charge is -2.23. The van der Waals surface area contributed by atoms with Crippen molar-refractivity contribution in [1.82, 2.24) is 19.8 Å². The van der Waals surface area contributed by atoms with Gasteiger partial charge < -0.3 is 9.80 Å². The highest BCUT2D eigenvalue weighted by Gasteiger charge is 2.30. The van der Waals surface area contributed by atoms with Crippen LogP contribution in [0.1, 0.15) is 30.4 Å². The third kappa shape index (κ3) is 4.63. The first-order valence-corrected chi connectivity index (χ1v) is 8.89. The largest absolute Gasteiger partial charge is 0.342 e. The van der Waals surface area contributed by atoms with E-state index >= 15 is 0 Å². The molecule has 3 heterocycles. The van der Waals surface area contributed by atoms with Crippen LogP contribution in [0, 0.1) is 5.92 Å². The fourth-order valence-electron chi connectivity index (χ4n) is 3.54. The molecule has 5 nitrogen and oxygen atoms in total. The van der Waals surface area contributed by atoms with E-state index in [4.69, 9.17) is 0 Å². The number of carbonyl (C=O) groups is 1. The molecular weight excluding hydrogens is 312 g/mol. The van der Waals surface area contributed by atoms with Crippen LogP contribution < -0.4 is 0 Å². The number of aromatic nitrogens is 2. The van der Waals surface area contributed by atoms with Gasteiger partial charge in [-0.05, 0) is 49.6 Å². The van der Waals surface area contributed by atoms with E-state index in [1.54, 1.807) is 18.6 Å². The maximum absolute atomic E-state index is 12.7. The van der Waals surface area contributed by atoms with Gasteiger partial charge in [0.15, 0.2) is 0 Å². The third-order valence-corrected chi connectivity index (χ3v) is 4.90. The van der Waals surface area contributed by atoms with Gasteiger partial charge in [0, 0.05) is 51.0 Å². The number of carbonyl (C=O) groups excluding carboxylic acids is 1. The van der Waals surface area contributed by atoms with Crippen LogP contribution in [0.25, 0.3) is 0 Å². The Labute approximate surface area is 149 Å². The van der Waals surface area contributed by atoms with Crippen molar-refractivity contribution in [3.8, 4) is 0 Å². The zero-order chi connectivity index (χ0) is 17.6. The normalized spacial score (nSPS) is 18.5. The number of pyridine rings is 2. The summed E-state index contributed by atoms with van der Waals surface area (Å²) < 4.78 is 0. The summed E-state index contributed by atoms with van der Waals surface area (Å²) >= 11 is 0. The van der Waals surface area contributed by atoms with Crippen molar-refractivity contribution in [2.45, 2.75) is 25.8 Å². The zero-order valence-electron chi connectivity index (χ0n) is 15.0. The Morgan fingerprint density at radius 3 is 2.72 bits per heavy atom. The Morgan fingerprint density at radius 2 is 2.04 bits per heavy atom. The molecule has 1 saturated heterocycles. The molecule has 0 bridgehead atoms. The second kappa shape index (κ2) is 8.21. The van der Waals surface area contributed by atoms with E-state index in [0.29, 0.717) is 5.92 Å². The van der Waals surface area contributed by atoms with Gasteiger partial charge in [-0.3, -0.25) is 14.8 Å². The molecule has 132 valence electrons. The maximum atomic E-state index is 12.7. The minimum absolute atomic E-state index is 0.124. The minimum atomic E-state index is -0.124. The van der Waals surface area contributed by atoms with Gasteiger partial charge in [-0.2, -0.15) is 0 Å². The van der Waals surface area contributed by atoms with Crippen molar-refractivity contribution in [2.24, 2.45) is 5.92 Å². The topological polar surface area (TPSA) is 49.3 Å². The van der Waals surface area contributed by atoms with Crippen LogP contribution in [-0.2, 0) is 11.3 Å². The van der Waals surface area contributed by atoms with E-state index in [0.717, 1.165) is 38.2 Å². The smallest absolute Gasteiger partial charge is 0.229 e. The first-order chi connectivity index (χ1) is 12.1. The molecule has 3 rings (SSSR count). The number of hydrogen-bond acceptors (Lipinski definition) is 4. The molecular formula is C20H26N4O. The minimum Gasteiger partial charge on any atom is -0.342 e. The molecule has 0 aliphatic carbocycles. The Hall–Kier alpha value is -2.27. The molecule has 2 aromatic heterocycles. The Bertz CT molecular complexity index is 677. The Morgan fingerprint density at radius 1 is 1.28 bits per heavy atom. The van der Waals surface area contributed by atoms with Gasteiger partial charge in [-0.1, -0.05) is 12.1 Å². The van der Waals surface area contributed by atoms with Crippen molar-refractivity contribution < 1.29 is 4.79 Å². The maximum Gasteiger partial charge on any atom is 0.229 e. The summed E-state index contributed by atoms with van der Waals surface area (Å²) in [6, 6.07) is 7.94. The molecule has 0 saturated carbocycles. The third-order valence-electron chi connectivity index (χ3n) is 4.90. The molecule has 2 atom stereocenters. The van der Waals surface area contributed by atoms with Gasteiger partial charge in [0.05, 0.1) is 5.92 Å². The first kappa shape index (κ1) is 17.5. The highest BCUT2D eigenvalue weighted by Crippen LogP contribution is 2.23. The molecule has 0 N–H and O–H groups in total. The summed E-state index contributed by atoms with van der Waals surface area (Å²) in [7, 11) is 2.13. The molecule has 1 amide bonds. The van der Waals surface area contributed by atoms with E-state index in [2.05, 4.69) is 28.0 Å². The lowest BCUT2D eigenvalue weighted by atomic mass is 10.0. The summed E-state index contributed by atoms with van der Waals surface area (Å²) in [5.74, 6) is 0.623. The lowest BCUT2D eigenvalue weighted by molar-refractivity contribution is -0.131. The first-order valence-electron chi connectivity index (χ1n) is 8.89. The lowest BCUT2D eigenvalue weighted by Crippen LogP contribution is -2.34. The molecule has 25 heavy (non-hydrogen) atoms. The SMILES string of the molecule is C[C@H](C(=O)N1CC[C@@H](CN(C)Cc2cccnc2)C1)c1cccnc1. The molecule has 1 aliphatic rings. The van der Waals surface area contributed by atoms with E-state index < -0.39 is 0 Å². The number of amides is 1. The predicted octanol–water partition coefficient (Wildman–Crippen LogP) is 2.56. The summed E-state index contributed by atoms with van der Waals surface area (Å²) in [6.07, 6.45) is 8.31. The molecule has 5 heteroatoms. The van der Waals surface area contributed by atoms with Gasteiger partial charge in [0.1, 0.15) is 0 Å². The van der Waals surface area contributed by atoms with Gasteiger partial charge in [0.25, 0.3) is 0 Å². The number of rotatable bonds is 6. The van der Waals surface area contributed by atoms with Crippen molar-refractivity contribution >= 4 is 5.91 Å². The molecule has 1 fully saturated rings.